The minimum atomic E-state index is -1.00. The van der Waals surface area contributed by atoms with Gasteiger partial charge < -0.3 is 36.3 Å². The van der Waals surface area contributed by atoms with Crippen molar-refractivity contribution in [2.24, 2.45) is 0 Å². The minimum absolute atomic E-state index is 0.0241. The van der Waals surface area contributed by atoms with Crippen LogP contribution in [-0.4, -0.2) is 60.9 Å². The molecule has 1 aromatic carbocycles. The van der Waals surface area contributed by atoms with Crippen LogP contribution in [0.25, 0.3) is 0 Å². The topological polar surface area (TPSA) is 148 Å². The highest BCUT2D eigenvalue weighted by Crippen LogP contribution is 2.30. The molecule has 10 nitrogen and oxygen atoms in total. The molecule has 0 saturated carbocycles. The number of carbonyl (C=O) groups is 2. The van der Waals surface area contributed by atoms with Crippen LogP contribution in [-0.2, 0) is 9.53 Å². The molecule has 0 spiro atoms. The Morgan fingerprint density at radius 2 is 2.06 bits per heavy atom. The molecule has 0 unspecified atom stereocenters. The Bertz CT molecular complexity index is 987. The summed E-state index contributed by atoms with van der Waals surface area (Å²) in [6, 6.07) is 7.49. The van der Waals surface area contributed by atoms with Crippen molar-refractivity contribution in [2.75, 3.05) is 38.4 Å². The summed E-state index contributed by atoms with van der Waals surface area (Å²) >= 11 is 6.07. The van der Waals surface area contributed by atoms with Crippen molar-refractivity contribution in [3.8, 4) is 11.6 Å². The second-order valence-corrected chi connectivity index (χ2v) is 7.88. The number of rotatable bonds is 7. The van der Waals surface area contributed by atoms with Gasteiger partial charge in [0.25, 0.3) is 5.91 Å². The predicted molar refractivity (Wildman–Crippen MR) is 120 cm³/mol. The van der Waals surface area contributed by atoms with E-state index in [1.165, 1.54) is 32.4 Å². The average molecular weight is 464 g/mol. The number of carbonyl (C=O) groups excluding carboxylic acids is 2. The first kappa shape index (κ1) is 23.6. The van der Waals surface area contributed by atoms with E-state index in [1.54, 1.807) is 12.1 Å². The van der Waals surface area contributed by atoms with E-state index in [2.05, 4.69) is 20.9 Å². The number of nitrogens with two attached hydrogens (primary N) is 1. The van der Waals surface area contributed by atoms with Gasteiger partial charge in [-0.2, -0.15) is 4.98 Å². The second kappa shape index (κ2) is 10.0. The van der Waals surface area contributed by atoms with Gasteiger partial charge in [0.15, 0.2) is 0 Å². The van der Waals surface area contributed by atoms with Crippen molar-refractivity contribution in [3.05, 3.63) is 40.9 Å². The van der Waals surface area contributed by atoms with Gasteiger partial charge in [0, 0.05) is 19.3 Å². The lowest BCUT2D eigenvalue weighted by atomic mass is 9.81. The van der Waals surface area contributed by atoms with E-state index in [4.69, 9.17) is 26.8 Å². The molecule has 6 N–H and O–H groups in total. The third kappa shape index (κ3) is 5.21. The molecule has 2 amide bonds. The molecule has 32 heavy (non-hydrogen) atoms. The van der Waals surface area contributed by atoms with Crippen molar-refractivity contribution in [1.29, 1.82) is 0 Å². The molecule has 2 atom stereocenters. The number of pyridine rings is 1. The van der Waals surface area contributed by atoms with Gasteiger partial charge >= 0.3 is 0 Å². The van der Waals surface area contributed by atoms with Crippen LogP contribution in [0, 0.1) is 0 Å². The highest BCUT2D eigenvalue weighted by Gasteiger charge is 2.44. The number of nitrogen functional groups attached to an aromatic ring is 1. The van der Waals surface area contributed by atoms with Crippen LogP contribution in [0.4, 0.5) is 11.5 Å². The van der Waals surface area contributed by atoms with E-state index in [9.17, 15) is 14.7 Å². The Labute approximate surface area is 190 Å². The molecule has 1 aromatic heterocycles. The van der Waals surface area contributed by atoms with Gasteiger partial charge in [-0.3, -0.25) is 9.59 Å². The van der Waals surface area contributed by atoms with Crippen LogP contribution < -0.4 is 26.4 Å². The Balaban J connectivity index is 1.87. The summed E-state index contributed by atoms with van der Waals surface area (Å²) in [6.45, 7) is 1.02. The summed E-state index contributed by atoms with van der Waals surface area (Å²) in [5.41, 5.74) is 5.33. The number of ether oxygens (including phenoxy) is 2. The third-order valence-corrected chi connectivity index (χ3v) is 5.68. The average Bonchev–Trinajstić information content (AvgIpc) is 2.77. The molecule has 2 aromatic rings. The van der Waals surface area contributed by atoms with Gasteiger partial charge in [0.05, 0.1) is 30.2 Å². The number of halogens is 1. The number of phenols is 1. The number of nitrogens with zero attached hydrogens (tertiary/aromatic N) is 1. The van der Waals surface area contributed by atoms with Crippen LogP contribution in [0.3, 0.4) is 0 Å². The molecular formula is C21H26ClN5O5. The second-order valence-electron chi connectivity index (χ2n) is 7.47. The quantitative estimate of drug-likeness (QED) is 0.388. The van der Waals surface area contributed by atoms with Gasteiger partial charge in [0.2, 0.25) is 11.8 Å². The molecule has 1 aliphatic heterocycles. The summed E-state index contributed by atoms with van der Waals surface area (Å²) in [4.78, 5) is 30.1. The van der Waals surface area contributed by atoms with Gasteiger partial charge in [-0.15, -0.1) is 0 Å². The van der Waals surface area contributed by atoms with Crippen LogP contribution in [0.15, 0.2) is 30.3 Å². The van der Waals surface area contributed by atoms with E-state index in [-0.39, 0.29) is 40.4 Å². The smallest absolute Gasteiger partial charge is 0.257 e. The molecule has 0 bridgehead atoms. The number of amides is 2. The fraction of sp³-hybridized carbons (Fsp3) is 0.381. The monoisotopic (exact) mass is 463 g/mol. The number of aromatic hydroxyl groups is 1. The lowest BCUT2D eigenvalue weighted by Gasteiger charge is -2.43. The number of aromatic nitrogens is 1. The standard InChI is InChI=1S/C21H26ClN5O5/c1-31-16-11-24-8-7-21(16,10-17(29)25-12-3-5-13(28)6-4-12)27-19(30)14-9-15(22)18(23)26-20(14)32-2/h3-6,9,16,24,28H,7-8,10-11H2,1-2H3,(H2,23,26)(H,25,29)(H,27,30)/t16-,21+/m0/s1. The summed E-state index contributed by atoms with van der Waals surface area (Å²) < 4.78 is 10.8. The lowest BCUT2D eigenvalue weighted by Crippen LogP contribution is -2.65. The maximum Gasteiger partial charge on any atom is 0.257 e. The first-order chi connectivity index (χ1) is 15.3. The lowest BCUT2D eigenvalue weighted by molar-refractivity contribution is -0.119. The highest BCUT2D eigenvalue weighted by molar-refractivity contribution is 6.33. The van der Waals surface area contributed by atoms with E-state index >= 15 is 0 Å². The first-order valence-corrected chi connectivity index (χ1v) is 10.3. The van der Waals surface area contributed by atoms with Crippen molar-refractivity contribution < 1.29 is 24.2 Å². The van der Waals surface area contributed by atoms with Crippen molar-refractivity contribution in [3.63, 3.8) is 0 Å². The summed E-state index contributed by atoms with van der Waals surface area (Å²) in [7, 11) is 2.90. The number of hydrogen-bond donors (Lipinski definition) is 5. The molecule has 1 aliphatic rings. The Kier molecular flexibility index (Phi) is 7.39. The largest absolute Gasteiger partial charge is 0.508 e. The fourth-order valence-electron chi connectivity index (χ4n) is 3.73. The van der Waals surface area contributed by atoms with Crippen LogP contribution in [0.5, 0.6) is 11.6 Å². The van der Waals surface area contributed by atoms with Crippen molar-refractivity contribution in [2.45, 2.75) is 24.5 Å². The van der Waals surface area contributed by atoms with Gasteiger partial charge in [-0.05, 0) is 43.3 Å². The molecule has 0 radical (unpaired) electrons. The molecule has 1 fully saturated rings. The van der Waals surface area contributed by atoms with E-state index in [0.717, 1.165) is 0 Å². The minimum Gasteiger partial charge on any atom is -0.508 e. The molecule has 2 heterocycles. The molecule has 1 saturated heterocycles. The highest BCUT2D eigenvalue weighted by atomic mass is 35.5. The summed E-state index contributed by atoms with van der Waals surface area (Å²) in [6.07, 6.45) is -0.0781. The fourth-order valence-corrected chi connectivity index (χ4v) is 3.88. The van der Waals surface area contributed by atoms with Gasteiger partial charge in [0.1, 0.15) is 17.1 Å². The van der Waals surface area contributed by atoms with Crippen LogP contribution in [0.1, 0.15) is 23.2 Å². The number of piperidine rings is 1. The number of anilines is 2. The van der Waals surface area contributed by atoms with Crippen molar-refractivity contribution >= 4 is 34.9 Å². The maximum absolute atomic E-state index is 13.2. The zero-order chi connectivity index (χ0) is 23.3. The molecule has 0 aliphatic carbocycles. The van der Waals surface area contributed by atoms with Crippen LogP contribution in [0.2, 0.25) is 5.02 Å². The Morgan fingerprint density at radius 3 is 2.72 bits per heavy atom. The van der Waals surface area contributed by atoms with E-state index < -0.39 is 17.6 Å². The van der Waals surface area contributed by atoms with Gasteiger partial charge in [-0.1, -0.05) is 11.6 Å². The number of benzene rings is 1. The third-order valence-electron chi connectivity index (χ3n) is 5.37. The summed E-state index contributed by atoms with van der Waals surface area (Å²) in [5.74, 6) is -0.678. The Morgan fingerprint density at radius 1 is 1.34 bits per heavy atom. The molecule has 172 valence electrons. The predicted octanol–water partition coefficient (Wildman–Crippen LogP) is 1.54. The zero-order valence-electron chi connectivity index (χ0n) is 17.8. The normalized spacial score (nSPS) is 20.4. The van der Waals surface area contributed by atoms with Gasteiger partial charge in [-0.25, -0.2) is 0 Å². The SMILES string of the molecule is COc1nc(N)c(Cl)cc1C(=O)N[C@@]1(CC(=O)Nc2ccc(O)cc2)CCNC[C@@H]1OC. The van der Waals surface area contributed by atoms with Crippen molar-refractivity contribution in [1.82, 2.24) is 15.6 Å². The first-order valence-electron chi connectivity index (χ1n) is 9.93. The van der Waals surface area contributed by atoms with E-state index in [1.807, 2.05) is 0 Å². The number of phenolic OH excluding ortho intramolecular Hbond substituents is 1. The molecule has 3 rings (SSSR count). The van der Waals surface area contributed by atoms with E-state index in [0.29, 0.717) is 25.2 Å². The van der Waals surface area contributed by atoms with Crippen LogP contribution >= 0.6 is 11.6 Å². The number of methoxy groups -OCH3 is 2. The summed E-state index contributed by atoms with van der Waals surface area (Å²) in [5, 5.41) is 18.5. The Hall–Kier alpha value is -3.08. The number of hydrogen-bond acceptors (Lipinski definition) is 8. The molecular weight excluding hydrogens is 438 g/mol. The zero-order valence-corrected chi connectivity index (χ0v) is 18.5. The maximum atomic E-state index is 13.2. The number of nitrogens with one attached hydrogen (secondary N) is 3. The molecule has 11 heteroatoms.